The minimum Gasteiger partial charge on any atom is -0.426 e. The molecule has 0 unspecified atom stereocenters. The van der Waals surface area contributed by atoms with Gasteiger partial charge >= 0.3 is 5.97 Å². The number of amides is 3. The van der Waals surface area contributed by atoms with Crippen LogP contribution >= 0.6 is 31.9 Å². The first-order valence-corrected chi connectivity index (χ1v) is 13.9. The number of rotatable bonds is 5. The molecule has 0 radical (unpaired) electrons. The fraction of sp³-hybridized carbons (Fsp3) is 0.407. The average Bonchev–Trinajstić information content (AvgIpc) is 3.32. The van der Waals surface area contributed by atoms with E-state index in [0.717, 1.165) is 5.56 Å². The van der Waals surface area contributed by atoms with Gasteiger partial charge in [0, 0.05) is 29.2 Å². The fourth-order valence-electron chi connectivity index (χ4n) is 5.36. The van der Waals surface area contributed by atoms with Gasteiger partial charge in [-0.3, -0.25) is 19.2 Å². The van der Waals surface area contributed by atoms with Crippen LogP contribution in [0.3, 0.4) is 0 Å². The second kappa shape index (κ2) is 10.1. The van der Waals surface area contributed by atoms with Crippen LogP contribution in [-0.2, 0) is 25.7 Å². The summed E-state index contributed by atoms with van der Waals surface area (Å²) >= 11 is 7.22. The van der Waals surface area contributed by atoms with Gasteiger partial charge in [-0.25, -0.2) is 4.90 Å². The summed E-state index contributed by atoms with van der Waals surface area (Å²) in [6.07, 6.45) is 1.33. The number of aryl methyl sites for hydroxylation is 1. The van der Waals surface area contributed by atoms with E-state index in [4.69, 9.17) is 4.74 Å². The Hall–Kier alpha value is -2.52. The van der Waals surface area contributed by atoms with Crippen molar-refractivity contribution in [1.29, 1.82) is 0 Å². The van der Waals surface area contributed by atoms with E-state index in [9.17, 15) is 19.2 Å². The predicted octanol–water partition coefficient (Wildman–Crippen LogP) is 4.38. The minimum atomic E-state index is -0.541. The Balaban J connectivity index is 1.25. The maximum Gasteiger partial charge on any atom is 0.316 e. The zero-order chi connectivity index (χ0) is 25.6. The number of benzene rings is 2. The summed E-state index contributed by atoms with van der Waals surface area (Å²) in [6.45, 7) is 2.56. The Kier molecular flexibility index (Phi) is 7.05. The Labute approximate surface area is 226 Å². The number of imide groups is 1. The number of esters is 1. The summed E-state index contributed by atoms with van der Waals surface area (Å²) in [7, 11) is 0. The summed E-state index contributed by atoms with van der Waals surface area (Å²) in [5.74, 6) is -1.76. The highest BCUT2D eigenvalue weighted by atomic mass is 79.9. The van der Waals surface area contributed by atoms with Crippen molar-refractivity contribution in [3.8, 4) is 5.75 Å². The van der Waals surface area contributed by atoms with Crippen LogP contribution in [-0.4, -0.2) is 44.8 Å². The molecule has 2 aromatic carbocycles. The summed E-state index contributed by atoms with van der Waals surface area (Å²) in [4.78, 5) is 54.8. The number of fused-ring (bicyclic) bond motifs is 1. The molecule has 2 heterocycles. The van der Waals surface area contributed by atoms with E-state index in [1.807, 2.05) is 30.3 Å². The van der Waals surface area contributed by atoms with Gasteiger partial charge in [0.1, 0.15) is 5.75 Å². The van der Waals surface area contributed by atoms with Gasteiger partial charge in [0.05, 0.1) is 23.4 Å². The molecule has 9 heteroatoms. The molecule has 2 aromatic rings. The summed E-state index contributed by atoms with van der Waals surface area (Å²) in [5.41, 5.74) is 2.19. The lowest BCUT2D eigenvalue weighted by molar-refractivity contribution is -0.139. The second-order valence-electron chi connectivity index (χ2n) is 9.76. The SMILES string of the molecule is Cc1cc(OC(=O)[C@@H]2CC(=O)N(Cc3ccccc3)C2)ccc1N1C(=O)[C@@H]2C[C@@H](Br)[C@@H](Br)C[C@H]2C1=O. The molecule has 5 rings (SSSR count). The highest BCUT2D eigenvalue weighted by Crippen LogP contribution is 2.45. The van der Waals surface area contributed by atoms with Gasteiger partial charge < -0.3 is 9.64 Å². The molecule has 0 bridgehead atoms. The number of hydrogen-bond donors (Lipinski definition) is 0. The maximum absolute atomic E-state index is 13.1. The smallest absolute Gasteiger partial charge is 0.316 e. The molecule has 36 heavy (non-hydrogen) atoms. The van der Waals surface area contributed by atoms with Crippen LogP contribution in [0.25, 0.3) is 0 Å². The molecule has 0 spiro atoms. The minimum absolute atomic E-state index is 0.0729. The average molecular weight is 618 g/mol. The quantitative estimate of drug-likeness (QED) is 0.215. The lowest BCUT2D eigenvalue weighted by Gasteiger charge is -2.29. The van der Waals surface area contributed by atoms with Crippen molar-refractivity contribution in [3.05, 3.63) is 59.7 Å². The van der Waals surface area contributed by atoms with Gasteiger partial charge in [-0.15, -0.1) is 0 Å². The summed E-state index contributed by atoms with van der Waals surface area (Å²) < 4.78 is 5.60. The molecule has 2 saturated heterocycles. The van der Waals surface area contributed by atoms with Crippen LogP contribution in [0.15, 0.2) is 48.5 Å². The topological polar surface area (TPSA) is 84.0 Å². The van der Waals surface area contributed by atoms with Crippen molar-refractivity contribution >= 4 is 61.2 Å². The second-order valence-corrected chi connectivity index (χ2v) is 12.1. The lowest BCUT2D eigenvalue weighted by Crippen LogP contribution is -2.34. The van der Waals surface area contributed by atoms with Crippen LogP contribution in [0.4, 0.5) is 5.69 Å². The van der Waals surface area contributed by atoms with Gasteiger partial charge in [0.15, 0.2) is 0 Å². The number of halogens is 2. The monoisotopic (exact) mass is 616 g/mol. The Morgan fingerprint density at radius 2 is 1.61 bits per heavy atom. The maximum atomic E-state index is 13.1. The van der Waals surface area contributed by atoms with E-state index >= 15 is 0 Å². The number of alkyl halides is 2. The third-order valence-corrected chi connectivity index (χ3v) is 10.0. The van der Waals surface area contributed by atoms with E-state index in [0.29, 0.717) is 42.9 Å². The first-order valence-electron chi connectivity index (χ1n) is 12.0. The number of ether oxygens (including phenoxy) is 1. The van der Waals surface area contributed by atoms with Crippen molar-refractivity contribution in [3.63, 3.8) is 0 Å². The van der Waals surface area contributed by atoms with Gasteiger partial charge in [-0.2, -0.15) is 0 Å². The molecular weight excluding hydrogens is 592 g/mol. The van der Waals surface area contributed by atoms with E-state index < -0.39 is 11.9 Å². The Morgan fingerprint density at radius 3 is 2.22 bits per heavy atom. The molecule has 3 fully saturated rings. The molecule has 7 nitrogen and oxygen atoms in total. The first-order chi connectivity index (χ1) is 17.2. The normalized spacial score (nSPS) is 28.0. The van der Waals surface area contributed by atoms with Crippen LogP contribution < -0.4 is 9.64 Å². The standard InChI is InChI=1S/C27H26Br2N2O5/c1-15-9-18(36-27(35)17-10-24(32)30(14-17)13-16-5-3-2-4-6-16)7-8-23(15)31-25(33)19-11-21(28)22(29)12-20(19)26(31)34/h2-9,17,19-22H,10-14H2,1H3/t17-,19-,20-,21-,22+/m1/s1. The molecule has 5 atom stereocenters. The number of carbonyl (C=O) groups excluding carboxylic acids is 4. The molecule has 1 aliphatic carbocycles. The van der Waals surface area contributed by atoms with Crippen molar-refractivity contribution < 1.29 is 23.9 Å². The predicted molar refractivity (Wildman–Crippen MR) is 141 cm³/mol. The Morgan fingerprint density at radius 1 is 0.972 bits per heavy atom. The summed E-state index contributed by atoms with van der Waals surface area (Å²) in [5, 5.41) is 0. The van der Waals surface area contributed by atoms with Gasteiger partial charge in [-0.05, 0) is 49.1 Å². The van der Waals surface area contributed by atoms with Crippen molar-refractivity contribution in [2.24, 2.45) is 17.8 Å². The van der Waals surface area contributed by atoms with Crippen LogP contribution in [0.1, 0.15) is 30.4 Å². The highest BCUT2D eigenvalue weighted by Gasteiger charge is 2.52. The van der Waals surface area contributed by atoms with E-state index in [1.54, 1.807) is 30.0 Å². The zero-order valence-electron chi connectivity index (χ0n) is 19.7. The highest BCUT2D eigenvalue weighted by molar-refractivity contribution is 9.12. The van der Waals surface area contributed by atoms with Crippen LogP contribution in [0, 0.1) is 24.7 Å². The van der Waals surface area contributed by atoms with Crippen LogP contribution in [0.5, 0.6) is 5.75 Å². The number of nitrogens with zero attached hydrogens (tertiary/aromatic N) is 2. The Bertz CT molecular complexity index is 1190. The molecule has 1 saturated carbocycles. The van der Waals surface area contributed by atoms with Gasteiger partial charge in [-0.1, -0.05) is 62.2 Å². The molecule has 2 aliphatic heterocycles. The largest absolute Gasteiger partial charge is 0.426 e. The van der Waals surface area contributed by atoms with Crippen molar-refractivity contribution in [2.75, 3.05) is 11.4 Å². The van der Waals surface area contributed by atoms with Crippen LogP contribution in [0.2, 0.25) is 0 Å². The van der Waals surface area contributed by atoms with Gasteiger partial charge in [0.2, 0.25) is 17.7 Å². The van der Waals surface area contributed by atoms with E-state index in [1.165, 1.54) is 4.90 Å². The molecule has 0 aromatic heterocycles. The van der Waals surface area contributed by atoms with E-state index in [-0.39, 0.29) is 45.6 Å². The molecule has 3 aliphatic rings. The number of hydrogen-bond acceptors (Lipinski definition) is 5. The molecular formula is C27H26Br2N2O5. The van der Waals surface area contributed by atoms with Crippen molar-refractivity contribution in [2.45, 2.75) is 42.4 Å². The van der Waals surface area contributed by atoms with Gasteiger partial charge in [0.25, 0.3) is 0 Å². The lowest BCUT2D eigenvalue weighted by atomic mass is 9.81. The first kappa shape index (κ1) is 25.1. The third-order valence-electron chi connectivity index (χ3n) is 7.30. The third kappa shape index (κ3) is 4.75. The van der Waals surface area contributed by atoms with E-state index in [2.05, 4.69) is 31.9 Å². The zero-order valence-corrected chi connectivity index (χ0v) is 22.9. The molecule has 3 amide bonds. The molecule has 188 valence electrons. The number of likely N-dealkylation sites (tertiary alicyclic amines) is 1. The van der Waals surface area contributed by atoms with Crippen molar-refractivity contribution in [1.82, 2.24) is 4.90 Å². The number of anilines is 1. The summed E-state index contributed by atoms with van der Waals surface area (Å²) in [6, 6.07) is 14.6. The fourth-order valence-corrected chi connectivity index (χ4v) is 6.60. The number of carbonyl (C=O) groups is 4. The molecule has 0 N–H and O–H groups in total.